The number of fused-ring (bicyclic) bond motifs is 3. The molecule has 0 fully saturated rings. The van der Waals surface area contributed by atoms with Crippen LogP contribution in [-0.2, 0) is 4.79 Å². The van der Waals surface area contributed by atoms with Gasteiger partial charge in [-0.1, -0.05) is 110 Å². The van der Waals surface area contributed by atoms with E-state index in [1.165, 1.54) is 25.6 Å². The molecule has 3 atom stereocenters. The number of benzene rings is 3. The molecule has 0 bridgehead atoms. The monoisotopic (exact) mass is 1130 g/mol. The van der Waals surface area contributed by atoms with Crippen molar-refractivity contribution >= 4 is 137 Å². The van der Waals surface area contributed by atoms with Crippen LogP contribution in [0.15, 0.2) is 116 Å². The van der Waals surface area contributed by atoms with E-state index in [4.69, 9.17) is 40.5 Å². The molecule has 4 amide bonds. The van der Waals surface area contributed by atoms with Crippen LogP contribution in [0.4, 0.5) is 5.82 Å². The van der Waals surface area contributed by atoms with Crippen LogP contribution in [0.3, 0.4) is 0 Å². The Morgan fingerprint density at radius 2 is 0.867 bits per heavy atom. The van der Waals surface area contributed by atoms with E-state index >= 15 is 0 Å². The van der Waals surface area contributed by atoms with Crippen molar-refractivity contribution in [1.82, 2.24) is 56.2 Å². The van der Waals surface area contributed by atoms with Gasteiger partial charge in [0, 0.05) is 99.9 Å². The largest absolute Gasteiger partial charge is 0.369 e. The molecule has 0 spiro atoms. The van der Waals surface area contributed by atoms with E-state index in [1.54, 1.807) is 64.0 Å². The van der Waals surface area contributed by atoms with Crippen molar-refractivity contribution in [2.24, 2.45) is 5.73 Å². The Morgan fingerprint density at radius 1 is 0.507 bits per heavy atom. The smallest absolute Gasteiger partial charge is 0.251 e. The van der Waals surface area contributed by atoms with E-state index < -0.39 is 0 Å². The zero-order valence-corrected chi connectivity index (χ0v) is 47.6. The summed E-state index contributed by atoms with van der Waals surface area (Å²) < 4.78 is 0. The molecule has 0 aliphatic heterocycles. The average molecular weight is 1140 g/mol. The SMILES string of the molecule is CNC(=O)c1ccnc2c([C@H](C)CN)cccc12.CNC(=O)c1ccnc2c([C@H](C)CNC(C)=O)cccc12.CNC(=O)c1ccnc2c([C@H](C)CNc3cc(Cl)ncn3)cccc12.Clc1cc(Cl)ncn1.S.S.S. The highest BCUT2D eigenvalue weighted by molar-refractivity contribution is 7.59. The van der Waals surface area contributed by atoms with Gasteiger partial charge in [0.1, 0.15) is 33.9 Å². The summed E-state index contributed by atoms with van der Waals surface area (Å²) in [6.07, 6.45) is 7.71. The summed E-state index contributed by atoms with van der Waals surface area (Å²) >= 11 is 16.7. The molecule has 8 rings (SSSR count). The number of rotatable bonds is 12. The molecule has 0 aliphatic rings. The maximum absolute atomic E-state index is 12.1. The number of aromatic nitrogens is 7. The second kappa shape index (κ2) is 32.1. The standard InChI is InChI=1S/C18H18ClN5O.C16H19N3O2.C14H17N3O.C4H2Cl2N2.3H2S/c1-11(9-22-16-8-15(19)23-10-24-16)12-4-3-5-13-14(18(25)20-2)6-7-21-17(12)13;1-10(9-19-11(2)20)12-5-4-6-13-14(16(21)17-3)7-8-18-15(12)13;1-9(8-15)10-4-3-5-11-12(14(18)16-2)6-7-17-13(10)11;5-3-1-4(6)8-2-7-3;;;/h3-8,10-11H,9H2,1-2H3,(H,20,25)(H,22,23,24);4-8,10H,9H2,1-3H3,(H,17,21)(H,19,20);3-7,9H,8,15H2,1-2H3,(H,16,18);1-2H;3*1H2/t11-;10-;9-;;;;/m111..../s1. The summed E-state index contributed by atoms with van der Waals surface area (Å²) in [6.45, 7) is 9.43. The summed E-state index contributed by atoms with van der Waals surface area (Å²) in [6, 6.07) is 25.9. The van der Waals surface area contributed by atoms with E-state index in [-0.39, 0.29) is 81.9 Å². The van der Waals surface area contributed by atoms with E-state index in [9.17, 15) is 19.2 Å². The van der Waals surface area contributed by atoms with Crippen LogP contribution < -0.4 is 32.3 Å². The minimum Gasteiger partial charge on any atom is -0.369 e. The van der Waals surface area contributed by atoms with E-state index in [0.717, 1.165) is 49.4 Å². The minimum absolute atomic E-state index is 0. The van der Waals surface area contributed by atoms with Gasteiger partial charge in [-0.2, -0.15) is 40.5 Å². The third-order valence-electron chi connectivity index (χ3n) is 11.2. The van der Waals surface area contributed by atoms with Gasteiger partial charge in [-0.15, -0.1) is 0 Å². The fraction of sp³-hybridized carbons (Fsp3) is 0.250. The molecule has 0 unspecified atom stereocenters. The molecule has 0 radical (unpaired) electrons. The van der Waals surface area contributed by atoms with Crippen LogP contribution >= 0.6 is 75.3 Å². The van der Waals surface area contributed by atoms with Crippen molar-refractivity contribution in [3.63, 3.8) is 0 Å². The van der Waals surface area contributed by atoms with Crippen LogP contribution in [-0.4, -0.2) is 99.3 Å². The fourth-order valence-electron chi connectivity index (χ4n) is 7.43. The molecule has 5 aromatic heterocycles. The first-order valence-corrected chi connectivity index (χ1v) is 23.8. The quantitative estimate of drug-likeness (QED) is 0.0627. The summed E-state index contributed by atoms with van der Waals surface area (Å²) in [7, 11) is 4.86. The van der Waals surface area contributed by atoms with Crippen molar-refractivity contribution in [3.05, 3.63) is 165 Å². The predicted octanol–water partition coefficient (Wildman–Crippen LogP) is 8.87. The van der Waals surface area contributed by atoms with Crippen LogP contribution in [0, 0.1) is 0 Å². The zero-order chi connectivity index (χ0) is 52.3. The molecular weight excluding hydrogens is 1070 g/mol. The van der Waals surface area contributed by atoms with Crippen LogP contribution in [0.2, 0.25) is 15.5 Å². The number of hydrogen-bond acceptors (Lipinski definition) is 13. The molecule has 75 heavy (non-hydrogen) atoms. The number of carbonyl (C=O) groups excluding carboxylic acids is 4. The number of amides is 4. The predicted molar refractivity (Wildman–Crippen MR) is 317 cm³/mol. The fourth-order valence-corrected chi connectivity index (χ4v) is 7.93. The lowest BCUT2D eigenvalue weighted by atomic mass is 9.96. The highest BCUT2D eigenvalue weighted by atomic mass is 35.5. The molecular formula is C52H62Cl3N13O4S3. The number of halogens is 3. The molecule has 398 valence electrons. The van der Waals surface area contributed by atoms with Gasteiger partial charge < -0.3 is 32.3 Å². The van der Waals surface area contributed by atoms with Gasteiger partial charge in [-0.3, -0.25) is 34.1 Å². The average Bonchev–Trinajstić information content (AvgIpc) is 3.40. The number of pyridine rings is 3. The van der Waals surface area contributed by atoms with E-state index in [2.05, 4.69) is 75.3 Å². The second-order valence-electron chi connectivity index (χ2n) is 16.2. The third-order valence-corrected chi connectivity index (χ3v) is 11.9. The molecule has 0 saturated heterocycles. The number of carbonyl (C=O) groups is 4. The van der Waals surface area contributed by atoms with Gasteiger partial charge in [0.25, 0.3) is 17.7 Å². The molecule has 3 aromatic carbocycles. The zero-order valence-electron chi connectivity index (χ0n) is 42.3. The molecule has 7 N–H and O–H groups in total. The van der Waals surface area contributed by atoms with Gasteiger partial charge in [0.05, 0.1) is 33.2 Å². The third kappa shape index (κ3) is 17.9. The van der Waals surface area contributed by atoms with Crippen molar-refractivity contribution in [1.29, 1.82) is 0 Å². The molecule has 5 heterocycles. The lowest BCUT2D eigenvalue weighted by molar-refractivity contribution is -0.119. The highest BCUT2D eigenvalue weighted by Crippen LogP contribution is 2.29. The summed E-state index contributed by atoms with van der Waals surface area (Å²) in [5.41, 5.74) is 13.3. The molecule has 0 aliphatic carbocycles. The number of nitrogens with one attached hydrogen (secondary N) is 5. The lowest BCUT2D eigenvalue weighted by Gasteiger charge is -2.16. The van der Waals surface area contributed by atoms with Crippen LogP contribution in [0.5, 0.6) is 0 Å². The Bertz CT molecular complexity index is 3160. The van der Waals surface area contributed by atoms with Crippen LogP contribution in [0.1, 0.15) is 93.2 Å². The molecule has 8 aromatic rings. The Labute approximate surface area is 472 Å². The Morgan fingerprint density at radius 3 is 1.20 bits per heavy atom. The molecule has 17 nitrogen and oxygen atoms in total. The first kappa shape index (κ1) is 64.7. The van der Waals surface area contributed by atoms with Gasteiger partial charge in [0.2, 0.25) is 5.91 Å². The Kier molecular flexibility index (Phi) is 27.7. The Hall–Kier alpha value is -6.39. The van der Waals surface area contributed by atoms with Crippen molar-refractivity contribution < 1.29 is 19.2 Å². The molecule has 0 saturated carbocycles. The number of nitrogens with zero attached hydrogens (tertiary/aromatic N) is 7. The summed E-state index contributed by atoms with van der Waals surface area (Å²) in [5.74, 6) is 0.767. The van der Waals surface area contributed by atoms with Crippen LogP contribution in [0.25, 0.3) is 32.7 Å². The topological polar surface area (TPSA) is 245 Å². The molecule has 23 heteroatoms. The van der Waals surface area contributed by atoms with Gasteiger partial charge in [-0.05, 0) is 47.4 Å². The van der Waals surface area contributed by atoms with Crippen molar-refractivity contribution in [3.8, 4) is 0 Å². The second-order valence-corrected chi connectivity index (χ2v) is 17.4. The number of nitrogens with two attached hydrogens (primary N) is 1. The van der Waals surface area contributed by atoms with Gasteiger partial charge >= 0.3 is 0 Å². The maximum atomic E-state index is 12.1. The van der Waals surface area contributed by atoms with Crippen molar-refractivity contribution in [2.75, 3.05) is 46.1 Å². The lowest BCUT2D eigenvalue weighted by Crippen LogP contribution is -2.25. The minimum atomic E-state index is -0.130. The van der Waals surface area contributed by atoms with Gasteiger partial charge in [-0.25, -0.2) is 19.9 Å². The van der Waals surface area contributed by atoms with E-state index in [0.29, 0.717) is 57.6 Å². The first-order chi connectivity index (χ1) is 34.6. The van der Waals surface area contributed by atoms with E-state index in [1.807, 2.05) is 61.5 Å². The maximum Gasteiger partial charge on any atom is 0.251 e. The number of para-hydroxylation sites is 3. The van der Waals surface area contributed by atoms with Gasteiger partial charge in [0.15, 0.2) is 0 Å². The number of anilines is 1. The summed E-state index contributed by atoms with van der Waals surface area (Å²) in [5, 5.41) is 17.7. The Balaban J connectivity index is 0.000000355. The first-order valence-electron chi connectivity index (χ1n) is 22.7. The number of hydrogen-bond donors (Lipinski definition) is 6. The normalized spacial score (nSPS) is 11.3. The van der Waals surface area contributed by atoms with Crippen molar-refractivity contribution in [2.45, 2.75) is 45.4 Å². The summed E-state index contributed by atoms with van der Waals surface area (Å²) in [4.78, 5) is 75.4. The highest BCUT2D eigenvalue weighted by Gasteiger charge is 2.18.